The van der Waals surface area contributed by atoms with Crippen molar-refractivity contribution in [2.24, 2.45) is 0 Å². The quantitative estimate of drug-likeness (QED) is 0.212. The van der Waals surface area contributed by atoms with E-state index in [1.54, 1.807) is 0 Å². The Balaban J connectivity index is 0.000000361. The van der Waals surface area contributed by atoms with Gasteiger partial charge >= 0.3 is 285 Å². The summed E-state index contributed by atoms with van der Waals surface area (Å²) < 4.78 is 5.81. The van der Waals surface area contributed by atoms with Crippen LogP contribution in [0, 0.1) is 22.9 Å². The van der Waals surface area contributed by atoms with E-state index >= 15 is 0 Å². The first-order valence-electron chi connectivity index (χ1n) is 11.3. The fourth-order valence-corrected chi connectivity index (χ4v) is 13.3. The van der Waals surface area contributed by atoms with Crippen LogP contribution < -0.4 is 52.8 Å². The Morgan fingerprint density at radius 2 is 0.789 bits per heavy atom. The maximum atomic E-state index is 3.48. The first kappa shape index (κ1) is 36.6. The second kappa shape index (κ2) is 18.2. The average molecular weight is 696 g/mol. The molecule has 0 N–H and O–H groups in total. The summed E-state index contributed by atoms with van der Waals surface area (Å²) in [5.41, 5.74) is 6.96. The zero-order valence-electron chi connectivity index (χ0n) is 23.6. The number of hydrogen-bond donors (Lipinski definition) is 0. The second-order valence-corrected chi connectivity index (χ2v) is 28.2. The molecule has 0 spiro atoms. The fourth-order valence-electron chi connectivity index (χ4n) is 2.44. The van der Waals surface area contributed by atoms with Crippen LogP contribution in [-0.2, 0) is 27.8 Å². The van der Waals surface area contributed by atoms with Crippen molar-refractivity contribution in [3.05, 3.63) is 70.1 Å². The summed E-state index contributed by atoms with van der Waals surface area (Å²) in [5, 5.41) is 10.6. The molecule has 38 heavy (non-hydrogen) atoms. The predicted octanol–water partition coefficient (Wildman–Crippen LogP) is 1.36. The fraction of sp³-hybridized carbons (Fsp3) is 0.286. The van der Waals surface area contributed by atoms with Gasteiger partial charge in [-0.05, 0) is 0 Å². The minimum Gasteiger partial charge on any atom is 1.00 e. The molecule has 202 valence electrons. The number of rotatable bonds is 6. The Bertz CT molecular complexity index is 1100. The van der Waals surface area contributed by atoms with Crippen LogP contribution in [0.4, 0.5) is 0 Å². The van der Waals surface area contributed by atoms with Gasteiger partial charge in [0.25, 0.3) is 0 Å². The Morgan fingerprint density at radius 1 is 0.526 bits per heavy atom. The molecule has 0 aromatic carbocycles. The van der Waals surface area contributed by atoms with E-state index in [1.807, 2.05) is 45.3 Å². The Morgan fingerprint density at radius 3 is 0.974 bits per heavy atom. The molecule has 4 aromatic rings. The van der Waals surface area contributed by atoms with Crippen LogP contribution in [0.2, 0.25) is 49.9 Å². The molecule has 0 saturated heterocycles. The van der Waals surface area contributed by atoms with Gasteiger partial charge in [-0.2, -0.15) is 0 Å². The zero-order chi connectivity index (χ0) is 26.0. The third kappa shape index (κ3) is 13.5. The molecule has 0 fully saturated rings. The van der Waals surface area contributed by atoms with Crippen LogP contribution in [0.25, 0.3) is 0 Å². The Kier molecular flexibility index (Phi) is 17.5. The monoisotopic (exact) mass is 694 g/mol. The molecule has 4 aromatic heterocycles. The molecule has 4 rings (SSSR count). The minimum absolute atomic E-state index is 0. The topological polar surface area (TPSA) is 0 Å². The van der Waals surface area contributed by atoms with Gasteiger partial charge in [0.2, 0.25) is 0 Å². The summed E-state index contributed by atoms with van der Waals surface area (Å²) in [6.45, 7) is 13.8. The standard InChI is InChI=1S/2C6H11Si.4C4H3S.2Cu.2Li/c2*1-5-6-7(2,3)4;4*1-2-4-5-3-1;;;;/h2*1H2,2-4H3;4*1-3H;;;;/q;;;;;;2*-1;2*+1. The van der Waals surface area contributed by atoms with Crippen molar-refractivity contribution in [1.82, 2.24) is 0 Å². The predicted molar refractivity (Wildman–Crippen MR) is 168 cm³/mol. The van der Waals surface area contributed by atoms with Crippen LogP contribution in [-0.4, -0.2) is 16.1 Å². The van der Waals surface area contributed by atoms with Gasteiger partial charge in [0.1, 0.15) is 0 Å². The van der Waals surface area contributed by atoms with E-state index < -0.39 is 16.1 Å². The molecular weight excluding hydrogens is 662 g/mol. The molecule has 0 radical (unpaired) electrons. The smallest absolute Gasteiger partial charge is 1.00 e. The van der Waals surface area contributed by atoms with Crippen LogP contribution in [0.1, 0.15) is 0 Å². The van der Waals surface area contributed by atoms with E-state index in [0.29, 0.717) is 0 Å². The Hall–Kier alpha value is 0.588. The normalized spacial score (nSPS) is 11.2. The largest absolute Gasteiger partial charge is 1.00 e. The molecular formula is C28H34Cu2Li2S4Si2. The van der Waals surface area contributed by atoms with E-state index in [0.717, 1.165) is 10.6 Å². The molecule has 0 bridgehead atoms. The average Bonchev–Trinajstić information content (AvgIpc) is 3.63. The van der Waals surface area contributed by atoms with E-state index in [9.17, 15) is 0 Å². The molecule has 0 atom stereocenters. The van der Waals surface area contributed by atoms with Crippen molar-refractivity contribution >= 4 is 76.6 Å². The summed E-state index contributed by atoms with van der Waals surface area (Å²) in [7, 11) is -2.49. The molecule has 4 heterocycles. The number of hydrogen-bond acceptors (Lipinski definition) is 4. The van der Waals surface area contributed by atoms with E-state index in [2.05, 4.69) is 132 Å². The molecule has 0 aliphatic rings. The van der Waals surface area contributed by atoms with Gasteiger partial charge in [-0.1, -0.05) is 0 Å². The van der Waals surface area contributed by atoms with Crippen LogP contribution >= 0.6 is 45.3 Å². The summed E-state index contributed by atoms with van der Waals surface area (Å²) >= 11 is 7.86. The Labute approximate surface area is 281 Å². The van der Waals surface area contributed by atoms with Gasteiger partial charge in [0.15, 0.2) is 0 Å². The van der Waals surface area contributed by atoms with E-state index in [1.165, 1.54) is 15.1 Å². The zero-order valence-corrected chi connectivity index (χ0v) is 30.7. The maximum Gasteiger partial charge on any atom is 1.00 e. The first-order valence-corrected chi connectivity index (χ1v) is 25.1. The van der Waals surface area contributed by atoms with Gasteiger partial charge in [-0.25, -0.2) is 0 Å². The molecule has 0 amide bonds. The molecule has 0 saturated carbocycles. The van der Waals surface area contributed by atoms with Crippen LogP contribution in [0.5, 0.6) is 0 Å². The van der Waals surface area contributed by atoms with E-state index in [-0.39, 0.29) is 65.5 Å². The van der Waals surface area contributed by atoms with Gasteiger partial charge in [-0.15, -0.1) is 0 Å². The van der Waals surface area contributed by atoms with Crippen molar-refractivity contribution in [3.63, 3.8) is 0 Å². The van der Waals surface area contributed by atoms with Crippen LogP contribution in [0.15, 0.2) is 70.1 Å². The van der Waals surface area contributed by atoms with Crippen molar-refractivity contribution < 1.29 is 65.5 Å². The molecule has 0 aliphatic heterocycles. The second-order valence-electron chi connectivity index (χ2n) is 9.41. The van der Waals surface area contributed by atoms with Gasteiger partial charge in [0, 0.05) is 0 Å². The number of thiophene rings is 4. The van der Waals surface area contributed by atoms with Crippen molar-refractivity contribution in [2.45, 2.75) is 49.9 Å². The van der Waals surface area contributed by atoms with Crippen molar-refractivity contribution in [3.8, 4) is 22.9 Å². The van der Waals surface area contributed by atoms with Gasteiger partial charge in [-0.3, -0.25) is 0 Å². The van der Waals surface area contributed by atoms with Crippen LogP contribution in [0.3, 0.4) is 0 Å². The third-order valence-corrected chi connectivity index (χ3v) is 15.9. The van der Waals surface area contributed by atoms with Crippen molar-refractivity contribution in [2.75, 3.05) is 0 Å². The summed E-state index contributed by atoms with van der Waals surface area (Å²) in [5.74, 6) is 6.87. The summed E-state index contributed by atoms with van der Waals surface area (Å²) in [6, 6.07) is 17.5. The molecule has 0 aliphatic carbocycles. The van der Waals surface area contributed by atoms with Gasteiger partial charge in [0.05, 0.1) is 0 Å². The SMILES string of the molecule is C[Si](C)(C)C#C[CH2][Cu-]([c]1cccs1)[c]1cccs1.C[Si](C)(C)C#C[CH2][Cu-]([c]1cccs1)[c]1cccs1.[Li+].[Li+]. The molecule has 0 nitrogen and oxygen atoms in total. The summed E-state index contributed by atoms with van der Waals surface area (Å²) in [6.07, 6.45) is 0. The van der Waals surface area contributed by atoms with Crippen molar-refractivity contribution in [1.29, 1.82) is 0 Å². The third-order valence-electron chi connectivity index (χ3n) is 3.82. The maximum absolute atomic E-state index is 3.48. The minimum atomic E-state index is -1.24. The first-order chi connectivity index (χ1) is 17.1. The van der Waals surface area contributed by atoms with E-state index in [4.69, 9.17) is 0 Å². The molecule has 10 heteroatoms. The van der Waals surface area contributed by atoms with Gasteiger partial charge < -0.3 is 0 Å². The molecule has 0 unspecified atom stereocenters. The summed E-state index contributed by atoms with van der Waals surface area (Å²) in [4.78, 5) is 0.